The highest BCUT2D eigenvalue weighted by Crippen LogP contribution is 2.08. The Morgan fingerprint density at radius 1 is 1.33 bits per heavy atom. The van der Waals surface area contributed by atoms with Crippen LogP contribution in [0.1, 0.15) is 33.1 Å². The van der Waals surface area contributed by atoms with E-state index < -0.39 is 0 Å². The molecule has 1 heteroatoms. The zero-order chi connectivity index (χ0) is 7.11. The Kier molecular flexibility index (Phi) is 6.06. The van der Waals surface area contributed by atoms with E-state index in [4.69, 9.17) is 0 Å². The van der Waals surface area contributed by atoms with Gasteiger partial charge in [0, 0.05) is 0 Å². The minimum Gasteiger partial charge on any atom is -0.319 e. The molecule has 0 aromatic heterocycles. The summed E-state index contributed by atoms with van der Waals surface area (Å²) in [7, 11) is 2.03. The van der Waals surface area contributed by atoms with Gasteiger partial charge in [-0.05, 0) is 25.9 Å². The highest BCUT2D eigenvalue weighted by molar-refractivity contribution is 4.57. The topological polar surface area (TPSA) is 12.0 Å². The molecule has 0 rings (SSSR count). The standard InChI is InChI=1S/C8H19N/c1-4-6-8(5-2)7-9-3/h8-9H,4-7H2,1-3H3/t8-/m0/s1. The molecule has 1 atom stereocenters. The second kappa shape index (κ2) is 6.09. The lowest BCUT2D eigenvalue weighted by atomic mass is 10.0. The Balaban J connectivity index is 3.18. The minimum atomic E-state index is 0.903. The quantitative estimate of drug-likeness (QED) is 0.599. The molecule has 0 radical (unpaired) electrons. The fraction of sp³-hybridized carbons (Fsp3) is 1.00. The number of hydrogen-bond donors (Lipinski definition) is 1. The summed E-state index contributed by atoms with van der Waals surface area (Å²) in [6.07, 6.45) is 4.01. The van der Waals surface area contributed by atoms with Crippen LogP contribution in [-0.2, 0) is 0 Å². The summed E-state index contributed by atoms with van der Waals surface area (Å²) in [5.41, 5.74) is 0. The van der Waals surface area contributed by atoms with E-state index in [0.717, 1.165) is 5.92 Å². The maximum atomic E-state index is 3.20. The third-order valence-electron chi connectivity index (χ3n) is 1.77. The maximum absolute atomic E-state index is 3.20. The van der Waals surface area contributed by atoms with E-state index >= 15 is 0 Å². The van der Waals surface area contributed by atoms with Crippen LogP contribution in [0.5, 0.6) is 0 Å². The lowest BCUT2D eigenvalue weighted by Crippen LogP contribution is -2.17. The summed E-state index contributed by atoms with van der Waals surface area (Å²) in [5.74, 6) is 0.903. The van der Waals surface area contributed by atoms with Gasteiger partial charge in [0.25, 0.3) is 0 Å². The van der Waals surface area contributed by atoms with Crippen LogP contribution < -0.4 is 5.32 Å². The third kappa shape index (κ3) is 4.46. The number of hydrogen-bond acceptors (Lipinski definition) is 1. The van der Waals surface area contributed by atoms with Crippen molar-refractivity contribution in [2.75, 3.05) is 13.6 Å². The Labute approximate surface area is 58.8 Å². The molecule has 56 valence electrons. The van der Waals surface area contributed by atoms with Crippen molar-refractivity contribution in [2.24, 2.45) is 5.92 Å². The molecule has 0 heterocycles. The van der Waals surface area contributed by atoms with Gasteiger partial charge in [0.2, 0.25) is 0 Å². The molecule has 0 aliphatic heterocycles. The fourth-order valence-electron chi connectivity index (χ4n) is 1.15. The van der Waals surface area contributed by atoms with Crippen molar-refractivity contribution in [1.29, 1.82) is 0 Å². The van der Waals surface area contributed by atoms with Gasteiger partial charge >= 0.3 is 0 Å². The summed E-state index contributed by atoms with van der Waals surface area (Å²) >= 11 is 0. The third-order valence-corrected chi connectivity index (χ3v) is 1.77. The van der Waals surface area contributed by atoms with Crippen LogP contribution >= 0.6 is 0 Å². The molecule has 0 aliphatic carbocycles. The van der Waals surface area contributed by atoms with E-state index in [0.29, 0.717) is 0 Å². The van der Waals surface area contributed by atoms with Gasteiger partial charge in [-0.15, -0.1) is 0 Å². The molecule has 0 bridgehead atoms. The van der Waals surface area contributed by atoms with Crippen molar-refractivity contribution in [2.45, 2.75) is 33.1 Å². The molecule has 0 spiro atoms. The Hall–Kier alpha value is -0.0400. The molecule has 1 N–H and O–H groups in total. The molecule has 1 nitrogen and oxygen atoms in total. The number of rotatable bonds is 5. The lowest BCUT2D eigenvalue weighted by Gasteiger charge is -2.11. The average Bonchev–Trinajstić information content (AvgIpc) is 1.88. The Bertz CT molecular complexity index is 46.5. The summed E-state index contributed by atoms with van der Waals surface area (Å²) < 4.78 is 0. The van der Waals surface area contributed by atoms with Gasteiger partial charge in [0.15, 0.2) is 0 Å². The van der Waals surface area contributed by atoms with E-state index in [1.807, 2.05) is 7.05 Å². The lowest BCUT2D eigenvalue weighted by molar-refractivity contribution is 0.445. The van der Waals surface area contributed by atoms with Crippen molar-refractivity contribution >= 4 is 0 Å². The minimum absolute atomic E-state index is 0.903. The van der Waals surface area contributed by atoms with Crippen LogP contribution in [0.25, 0.3) is 0 Å². The molecule has 9 heavy (non-hydrogen) atoms. The molecule has 0 aliphatic rings. The van der Waals surface area contributed by atoms with Crippen LogP contribution in [0.15, 0.2) is 0 Å². The molecule has 0 aromatic carbocycles. The molecular formula is C8H19N. The molecule has 0 amide bonds. The first kappa shape index (κ1) is 8.96. The van der Waals surface area contributed by atoms with E-state index in [9.17, 15) is 0 Å². The smallest absolute Gasteiger partial charge is 0.00236 e. The fourth-order valence-corrected chi connectivity index (χ4v) is 1.15. The predicted molar refractivity (Wildman–Crippen MR) is 42.6 cm³/mol. The normalized spacial score (nSPS) is 13.7. The monoisotopic (exact) mass is 129 g/mol. The van der Waals surface area contributed by atoms with Crippen molar-refractivity contribution in [3.05, 3.63) is 0 Å². The first-order valence-electron chi connectivity index (χ1n) is 3.99. The molecule has 0 fully saturated rings. The van der Waals surface area contributed by atoms with Gasteiger partial charge in [0.1, 0.15) is 0 Å². The largest absolute Gasteiger partial charge is 0.319 e. The van der Waals surface area contributed by atoms with Gasteiger partial charge in [0.05, 0.1) is 0 Å². The predicted octanol–water partition coefficient (Wildman–Crippen LogP) is 2.03. The van der Waals surface area contributed by atoms with E-state index in [1.165, 1.54) is 25.8 Å². The van der Waals surface area contributed by atoms with Crippen molar-refractivity contribution < 1.29 is 0 Å². The second-order valence-corrected chi connectivity index (χ2v) is 2.62. The number of nitrogens with one attached hydrogen (secondary N) is 1. The van der Waals surface area contributed by atoms with Crippen LogP contribution in [-0.4, -0.2) is 13.6 Å². The molecular weight excluding hydrogens is 110 g/mol. The van der Waals surface area contributed by atoms with Gasteiger partial charge < -0.3 is 5.32 Å². The molecule has 0 saturated heterocycles. The zero-order valence-corrected chi connectivity index (χ0v) is 6.91. The van der Waals surface area contributed by atoms with E-state index in [-0.39, 0.29) is 0 Å². The first-order chi connectivity index (χ1) is 4.35. The van der Waals surface area contributed by atoms with Gasteiger partial charge in [-0.3, -0.25) is 0 Å². The summed E-state index contributed by atoms with van der Waals surface area (Å²) in [5, 5.41) is 3.20. The summed E-state index contributed by atoms with van der Waals surface area (Å²) in [6, 6.07) is 0. The van der Waals surface area contributed by atoms with E-state index in [1.54, 1.807) is 0 Å². The zero-order valence-electron chi connectivity index (χ0n) is 6.91. The van der Waals surface area contributed by atoms with Crippen LogP contribution in [0.2, 0.25) is 0 Å². The van der Waals surface area contributed by atoms with Crippen molar-refractivity contribution in [3.63, 3.8) is 0 Å². The van der Waals surface area contributed by atoms with Crippen molar-refractivity contribution in [1.82, 2.24) is 5.32 Å². The Morgan fingerprint density at radius 3 is 2.33 bits per heavy atom. The second-order valence-electron chi connectivity index (χ2n) is 2.62. The van der Waals surface area contributed by atoms with Gasteiger partial charge in [-0.1, -0.05) is 26.7 Å². The summed E-state index contributed by atoms with van der Waals surface area (Å²) in [4.78, 5) is 0. The van der Waals surface area contributed by atoms with Crippen LogP contribution in [0.3, 0.4) is 0 Å². The van der Waals surface area contributed by atoms with Gasteiger partial charge in [-0.25, -0.2) is 0 Å². The highest BCUT2D eigenvalue weighted by Gasteiger charge is 2.01. The molecule has 0 aromatic rings. The van der Waals surface area contributed by atoms with Gasteiger partial charge in [-0.2, -0.15) is 0 Å². The maximum Gasteiger partial charge on any atom is -0.00236 e. The first-order valence-corrected chi connectivity index (χ1v) is 3.99. The Morgan fingerprint density at radius 2 is 2.00 bits per heavy atom. The van der Waals surface area contributed by atoms with Crippen LogP contribution in [0, 0.1) is 5.92 Å². The highest BCUT2D eigenvalue weighted by atomic mass is 14.8. The van der Waals surface area contributed by atoms with Crippen molar-refractivity contribution in [3.8, 4) is 0 Å². The van der Waals surface area contributed by atoms with E-state index in [2.05, 4.69) is 19.2 Å². The summed E-state index contributed by atoms with van der Waals surface area (Å²) in [6.45, 7) is 5.69. The average molecular weight is 129 g/mol. The SMILES string of the molecule is CCC[C@H](CC)CNC. The van der Waals surface area contributed by atoms with Crippen LogP contribution in [0.4, 0.5) is 0 Å². The molecule has 0 unspecified atom stereocenters. The molecule has 0 saturated carbocycles.